The Morgan fingerprint density at radius 2 is 0.577 bits per heavy atom. The molecule has 288 valence electrons. The van der Waals surface area contributed by atoms with Crippen molar-refractivity contribution in [1.29, 1.82) is 0 Å². The molecule has 0 fully saturated rings. The molecule has 0 spiro atoms. The predicted molar refractivity (Wildman–Crippen MR) is 207 cm³/mol. The van der Waals surface area contributed by atoms with Crippen LogP contribution in [0, 0.1) is 0 Å². The molecule has 8 nitrogen and oxygen atoms in total. The minimum absolute atomic E-state index is 0. The normalized spacial score (nSPS) is 11.5. The molecular weight excluding hydrogens is 681 g/mol. The Bertz CT molecular complexity index is 910. The number of carboxylic acids is 4. The Kier molecular flexibility index (Phi) is 50.0. The maximum atomic E-state index is 10.7. The first-order valence-corrected chi connectivity index (χ1v) is 19.8. The summed E-state index contributed by atoms with van der Waals surface area (Å²) in [5.41, 5.74) is -0.704. The van der Waals surface area contributed by atoms with Gasteiger partial charge in [-0.2, -0.15) is 0 Å². The number of carboxylic acid groups (broad SMARTS) is 4. The van der Waals surface area contributed by atoms with Gasteiger partial charge in [-0.3, -0.25) is 0 Å². The summed E-state index contributed by atoms with van der Waals surface area (Å²) in [4.78, 5) is 42.1. The zero-order chi connectivity index (χ0) is 37.5. The number of hydrogen-bond donors (Lipinski definition) is 0. The van der Waals surface area contributed by atoms with E-state index in [1.165, 1.54) is 153 Å². The average Bonchev–Trinajstić information content (AvgIpc) is 3.07. The molecule has 0 unspecified atom stereocenters. The number of carbonyl (C=O) groups is 4. The number of aliphatic carboxylic acids is 4. The minimum Gasteiger partial charge on any atom is -0.545 e. The molecule has 0 atom stereocenters. The molecule has 0 bridgehead atoms. The maximum absolute atomic E-state index is 10.7. The molecule has 0 saturated carbocycles. The summed E-state index contributed by atoms with van der Waals surface area (Å²) in [6, 6.07) is 0. The number of unbranched alkanes of at least 4 members (excludes halogenated alkanes) is 26. The van der Waals surface area contributed by atoms with Gasteiger partial charge in [0.25, 0.3) is 0 Å². The van der Waals surface area contributed by atoms with Crippen molar-refractivity contribution < 1.29 is 39.6 Å². The van der Waals surface area contributed by atoms with E-state index < -0.39 is 23.9 Å². The molecule has 0 amide bonds. The van der Waals surface area contributed by atoms with Gasteiger partial charge < -0.3 is 39.6 Å². The Balaban J connectivity index is -0.000000427. The van der Waals surface area contributed by atoms with Gasteiger partial charge in [0.1, 0.15) is 0 Å². The van der Waals surface area contributed by atoms with Crippen molar-refractivity contribution in [3.63, 3.8) is 0 Å². The van der Waals surface area contributed by atoms with Crippen LogP contribution in [0.4, 0.5) is 0 Å². The topological polar surface area (TPSA) is 161 Å². The van der Waals surface area contributed by atoms with Gasteiger partial charge in [0, 0.05) is 0 Å². The van der Waals surface area contributed by atoms with Crippen LogP contribution in [-0.4, -0.2) is 70.0 Å². The molecular formula is C42H68Mg2O8. The van der Waals surface area contributed by atoms with Crippen LogP contribution in [0.25, 0.3) is 0 Å². The quantitative estimate of drug-likeness (QED) is 0.0328. The van der Waals surface area contributed by atoms with E-state index in [2.05, 4.69) is 13.8 Å². The first-order chi connectivity index (χ1) is 24.1. The van der Waals surface area contributed by atoms with Crippen molar-refractivity contribution in [2.45, 2.75) is 194 Å². The Hall–Kier alpha value is -1.63. The number of allylic oxidation sites excluding steroid dienone is 2. The number of carbonyl (C=O) groups excluding carboxylic acids is 4. The van der Waals surface area contributed by atoms with E-state index in [1.54, 1.807) is 12.2 Å². The van der Waals surface area contributed by atoms with Crippen molar-refractivity contribution in [3.05, 3.63) is 47.6 Å². The molecule has 0 aliphatic heterocycles. The molecule has 0 aromatic heterocycles. The van der Waals surface area contributed by atoms with E-state index in [-0.39, 0.29) is 57.3 Å². The first-order valence-electron chi connectivity index (χ1n) is 19.8. The molecule has 0 saturated heterocycles. The molecule has 0 aromatic carbocycles. The van der Waals surface area contributed by atoms with Gasteiger partial charge in [0.05, 0.1) is 23.9 Å². The van der Waals surface area contributed by atoms with E-state index in [0.717, 1.165) is 38.5 Å². The van der Waals surface area contributed by atoms with Gasteiger partial charge in [-0.25, -0.2) is 0 Å². The van der Waals surface area contributed by atoms with Crippen LogP contribution in [0.3, 0.4) is 0 Å². The summed E-state index contributed by atoms with van der Waals surface area (Å²) in [6.45, 7) is 4.49. The van der Waals surface area contributed by atoms with Crippen molar-refractivity contribution in [1.82, 2.24) is 0 Å². The van der Waals surface area contributed by atoms with Crippen LogP contribution in [0.2, 0.25) is 0 Å². The van der Waals surface area contributed by atoms with Crippen LogP contribution in [0.5, 0.6) is 0 Å². The molecule has 52 heavy (non-hydrogen) atoms. The second-order valence-corrected chi connectivity index (χ2v) is 13.3. The molecule has 0 heterocycles. The third kappa shape index (κ3) is 46.4. The minimum atomic E-state index is -1.52. The van der Waals surface area contributed by atoms with Crippen molar-refractivity contribution in [2.75, 3.05) is 0 Å². The van der Waals surface area contributed by atoms with E-state index in [9.17, 15) is 39.6 Å². The van der Waals surface area contributed by atoms with Crippen LogP contribution in [0.15, 0.2) is 47.6 Å². The van der Waals surface area contributed by atoms with Gasteiger partial charge >= 0.3 is 46.1 Å². The molecule has 0 aliphatic rings. The molecule has 0 aromatic rings. The van der Waals surface area contributed by atoms with Crippen molar-refractivity contribution in [3.8, 4) is 0 Å². The second kappa shape index (κ2) is 45.5. The molecule has 0 rings (SSSR count). The van der Waals surface area contributed by atoms with Gasteiger partial charge in [-0.05, 0) is 49.0 Å². The van der Waals surface area contributed by atoms with Crippen LogP contribution in [0.1, 0.15) is 194 Å². The van der Waals surface area contributed by atoms with E-state index in [1.807, 2.05) is 0 Å². The van der Waals surface area contributed by atoms with Crippen molar-refractivity contribution in [2.24, 2.45) is 0 Å². The Labute approximate surface area is 348 Å². The summed E-state index contributed by atoms with van der Waals surface area (Å²) in [5.74, 6) is -6.04. The summed E-state index contributed by atoms with van der Waals surface area (Å²) < 4.78 is 0. The van der Waals surface area contributed by atoms with Gasteiger partial charge in [0.15, 0.2) is 0 Å². The van der Waals surface area contributed by atoms with Crippen LogP contribution >= 0.6 is 0 Å². The summed E-state index contributed by atoms with van der Waals surface area (Å²) in [7, 11) is 0. The predicted octanol–water partition coefficient (Wildman–Crippen LogP) is 6.14. The SMILES string of the molecule is CCCCCCCCCCCCCCCC=C/C(=C/C(=O)[O-])C(=O)[O-].CCCCCCCCCCCCCCCC=C/C(=C/C(=O)[O-])C(=O)[O-].[Mg+2].[Mg+2]. The fraction of sp³-hybridized carbons (Fsp3) is 0.714. The fourth-order valence-electron chi connectivity index (χ4n) is 5.58. The summed E-state index contributed by atoms with van der Waals surface area (Å²) in [5, 5.41) is 42.1. The van der Waals surface area contributed by atoms with Gasteiger partial charge in [-0.1, -0.05) is 192 Å². The number of hydrogen-bond acceptors (Lipinski definition) is 8. The summed E-state index contributed by atoms with van der Waals surface area (Å²) in [6.07, 6.45) is 42.0. The van der Waals surface area contributed by atoms with Crippen molar-refractivity contribution >= 4 is 70.0 Å². The fourth-order valence-corrected chi connectivity index (χ4v) is 5.58. The summed E-state index contributed by atoms with van der Waals surface area (Å²) >= 11 is 0. The van der Waals surface area contributed by atoms with Crippen LogP contribution < -0.4 is 20.4 Å². The molecule has 10 heteroatoms. The largest absolute Gasteiger partial charge is 2.00 e. The maximum Gasteiger partial charge on any atom is 2.00 e. The smallest absolute Gasteiger partial charge is 0.545 e. The molecule has 0 aliphatic carbocycles. The third-order valence-electron chi connectivity index (χ3n) is 8.56. The van der Waals surface area contributed by atoms with Gasteiger partial charge in [0.2, 0.25) is 0 Å². The monoisotopic (exact) mass is 748 g/mol. The molecule has 0 N–H and O–H groups in total. The van der Waals surface area contributed by atoms with E-state index >= 15 is 0 Å². The zero-order valence-corrected chi connectivity index (χ0v) is 35.8. The third-order valence-corrected chi connectivity index (χ3v) is 8.56. The van der Waals surface area contributed by atoms with Crippen LogP contribution in [-0.2, 0) is 19.2 Å². The van der Waals surface area contributed by atoms with Gasteiger partial charge in [-0.15, -0.1) is 0 Å². The second-order valence-electron chi connectivity index (χ2n) is 13.3. The molecule has 0 radical (unpaired) electrons. The first kappa shape index (κ1) is 57.1. The average molecular weight is 750 g/mol. The zero-order valence-electron chi connectivity index (χ0n) is 32.9. The Morgan fingerprint density at radius 3 is 0.769 bits per heavy atom. The van der Waals surface area contributed by atoms with E-state index in [4.69, 9.17) is 0 Å². The number of rotatable bonds is 34. The standard InChI is InChI=1S/2C21H36O4.2Mg/c2*1-2-3-4-5-6-7-8-9-10-11-12-13-14-15-16-17-19(21(24)25)18-20(22)23;;/h2*16-18H,2-15H2,1H3,(H,22,23)(H,24,25);;/q;;2*+2/p-4/b2*17-16?,19-18-;;. The van der Waals surface area contributed by atoms with E-state index in [0.29, 0.717) is 12.2 Å². The Morgan fingerprint density at radius 1 is 0.365 bits per heavy atom.